The van der Waals surface area contributed by atoms with Gasteiger partial charge in [-0.1, -0.05) is 50.1 Å². The number of hydrogen-bond donors (Lipinski definition) is 0. The first-order chi connectivity index (χ1) is 14.6. The number of hydrogen-bond acceptors (Lipinski definition) is 4. The van der Waals surface area contributed by atoms with E-state index in [2.05, 4.69) is 19.1 Å². The van der Waals surface area contributed by atoms with Gasteiger partial charge in [-0.15, -0.1) is 0 Å². The number of aliphatic imine (C=N–C) groups is 1. The molecule has 1 spiro atoms. The molecule has 2 aromatic carbocycles. The summed E-state index contributed by atoms with van der Waals surface area (Å²) in [5.41, 5.74) is 4.32. The first kappa shape index (κ1) is 20.3. The molecule has 1 saturated carbocycles. The molecule has 156 valence electrons. The number of nitro groups is 1. The van der Waals surface area contributed by atoms with E-state index in [0.29, 0.717) is 6.54 Å². The minimum absolute atomic E-state index is 0.117. The number of rotatable bonds is 6. The predicted molar refractivity (Wildman–Crippen MR) is 119 cm³/mol. The second-order valence-corrected chi connectivity index (χ2v) is 8.17. The molecule has 0 unspecified atom stereocenters. The Balaban J connectivity index is 1.78. The third-order valence-corrected chi connectivity index (χ3v) is 6.08. The van der Waals surface area contributed by atoms with Crippen LogP contribution >= 0.6 is 0 Å². The van der Waals surface area contributed by atoms with E-state index in [0.717, 1.165) is 55.5 Å². The van der Waals surface area contributed by atoms with Crippen molar-refractivity contribution in [3.05, 3.63) is 81.4 Å². The second kappa shape index (κ2) is 8.82. The summed E-state index contributed by atoms with van der Waals surface area (Å²) in [5.74, 6) is 0.760. The highest BCUT2D eigenvalue weighted by Gasteiger charge is 2.47. The van der Waals surface area contributed by atoms with E-state index < -0.39 is 0 Å². The Morgan fingerprint density at radius 1 is 1.03 bits per heavy atom. The third-order valence-electron chi connectivity index (χ3n) is 6.08. The zero-order valence-electron chi connectivity index (χ0n) is 17.5. The Morgan fingerprint density at radius 2 is 1.73 bits per heavy atom. The van der Waals surface area contributed by atoms with Gasteiger partial charge in [-0.25, -0.2) is 4.99 Å². The fourth-order valence-corrected chi connectivity index (χ4v) is 4.70. The average molecular weight is 405 g/mol. The topological polar surface area (TPSA) is 64.7 Å². The Morgan fingerprint density at radius 3 is 2.37 bits per heavy atom. The quantitative estimate of drug-likeness (QED) is 0.409. The van der Waals surface area contributed by atoms with Gasteiger partial charge in [0.15, 0.2) is 0 Å². The summed E-state index contributed by atoms with van der Waals surface area (Å²) >= 11 is 0. The zero-order chi connectivity index (χ0) is 21.0. The van der Waals surface area contributed by atoms with Gasteiger partial charge in [-0.05, 0) is 55.4 Å². The molecule has 4 rings (SSSR count). The summed E-state index contributed by atoms with van der Waals surface area (Å²) < 4.78 is 6.66. The van der Waals surface area contributed by atoms with Crippen molar-refractivity contribution in [1.29, 1.82) is 0 Å². The Bertz CT molecular complexity index is 956. The second-order valence-electron chi connectivity index (χ2n) is 8.17. The molecule has 1 aliphatic carbocycles. The molecule has 1 fully saturated rings. The van der Waals surface area contributed by atoms with Gasteiger partial charge in [0.1, 0.15) is 5.60 Å². The maximum Gasteiger partial charge on any atom is 0.269 e. The average Bonchev–Trinajstić information content (AvgIpc) is 3.06. The molecule has 1 heterocycles. The fraction of sp³-hybridized carbons (Fsp3) is 0.400. The zero-order valence-corrected chi connectivity index (χ0v) is 17.5. The number of nitrogens with zero attached hydrogens (tertiary/aromatic N) is 2. The van der Waals surface area contributed by atoms with Crippen LogP contribution < -0.4 is 0 Å². The lowest BCUT2D eigenvalue weighted by Gasteiger charge is -2.35. The maximum absolute atomic E-state index is 11.1. The van der Waals surface area contributed by atoms with E-state index in [1.807, 2.05) is 30.3 Å². The highest BCUT2D eigenvalue weighted by molar-refractivity contribution is 6.07. The molecule has 2 aromatic rings. The molecular weight excluding hydrogens is 376 g/mol. The van der Waals surface area contributed by atoms with Gasteiger partial charge >= 0.3 is 0 Å². The van der Waals surface area contributed by atoms with Crippen molar-refractivity contribution in [2.24, 2.45) is 4.99 Å². The Kier molecular flexibility index (Phi) is 5.98. The standard InChI is InChI=1S/C25H28N2O3/c1-2-9-22-23(20-12-14-21(15-13-20)27(28)29)25(16-7-4-8-17-25)30-24(22)26-18-19-10-5-3-6-11-19/h3,5-6,10-15H,2,4,7-9,16-18H2,1H3. The molecule has 2 aliphatic rings. The molecule has 1 aliphatic heterocycles. The van der Waals surface area contributed by atoms with Gasteiger partial charge < -0.3 is 4.74 Å². The van der Waals surface area contributed by atoms with Crippen molar-refractivity contribution in [2.75, 3.05) is 0 Å². The van der Waals surface area contributed by atoms with Crippen LogP contribution in [0.25, 0.3) is 5.57 Å². The van der Waals surface area contributed by atoms with Crippen LogP contribution in [0.2, 0.25) is 0 Å². The van der Waals surface area contributed by atoms with E-state index in [-0.39, 0.29) is 16.2 Å². The highest BCUT2D eigenvalue weighted by atomic mass is 16.6. The Hall–Kier alpha value is -2.95. The van der Waals surface area contributed by atoms with Crippen molar-refractivity contribution >= 4 is 17.2 Å². The number of ether oxygens (including phenoxy) is 1. The van der Waals surface area contributed by atoms with Crippen LogP contribution in [0.15, 0.2) is 65.2 Å². The third kappa shape index (κ3) is 4.02. The molecule has 0 bridgehead atoms. The van der Waals surface area contributed by atoms with Crippen molar-refractivity contribution in [3.8, 4) is 0 Å². The van der Waals surface area contributed by atoms with Crippen LogP contribution in [-0.4, -0.2) is 16.4 Å². The fourth-order valence-electron chi connectivity index (χ4n) is 4.70. The molecule has 30 heavy (non-hydrogen) atoms. The summed E-state index contributed by atoms with van der Waals surface area (Å²) in [7, 11) is 0. The minimum atomic E-state index is -0.353. The summed E-state index contributed by atoms with van der Waals surface area (Å²) in [5, 5.41) is 11.1. The number of nitro benzene ring substituents is 1. The normalized spacial score (nSPS) is 19.3. The van der Waals surface area contributed by atoms with E-state index in [9.17, 15) is 10.1 Å². The molecule has 5 nitrogen and oxygen atoms in total. The lowest BCUT2D eigenvalue weighted by atomic mass is 9.76. The summed E-state index contributed by atoms with van der Waals surface area (Å²) in [6, 6.07) is 17.2. The summed E-state index contributed by atoms with van der Waals surface area (Å²) in [6.45, 7) is 2.76. The van der Waals surface area contributed by atoms with Gasteiger partial charge in [0.2, 0.25) is 5.90 Å². The molecule has 0 N–H and O–H groups in total. The van der Waals surface area contributed by atoms with Crippen LogP contribution in [0.3, 0.4) is 0 Å². The molecule has 0 radical (unpaired) electrons. The van der Waals surface area contributed by atoms with Crippen LogP contribution in [0.5, 0.6) is 0 Å². The molecule has 5 heteroatoms. The summed E-state index contributed by atoms with van der Waals surface area (Å²) in [6.07, 6.45) is 7.30. The largest absolute Gasteiger partial charge is 0.466 e. The van der Waals surface area contributed by atoms with Crippen LogP contribution in [0.4, 0.5) is 5.69 Å². The van der Waals surface area contributed by atoms with E-state index in [1.165, 1.54) is 17.6 Å². The SMILES string of the molecule is CCCC1=C(c2ccc([N+](=O)[O-])cc2)C2(CCCCC2)OC1=NCc1ccccc1. The molecule has 0 saturated heterocycles. The van der Waals surface area contributed by atoms with E-state index in [1.54, 1.807) is 12.1 Å². The molecule has 0 aromatic heterocycles. The lowest BCUT2D eigenvalue weighted by Crippen LogP contribution is -2.34. The summed E-state index contributed by atoms with van der Waals surface area (Å²) in [4.78, 5) is 15.7. The number of non-ortho nitro benzene ring substituents is 1. The van der Waals surface area contributed by atoms with Gasteiger partial charge in [-0.3, -0.25) is 10.1 Å². The van der Waals surface area contributed by atoms with Crippen LogP contribution in [0, 0.1) is 10.1 Å². The molecule has 0 atom stereocenters. The van der Waals surface area contributed by atoms with Crippen molar-refractivity contribution < 1.29 is 9.66 Å². The van der Waals surface area contributed by atoms with E-state index >= 15 is 0 Å². The minimum Gasteiger partial charge on any atom is -0.466 e. The Labute approximate surface area is 177 Å². The highest BCUT2D eigenvalue weighted by Crippen LogP contribution is 2.50. The maximum atomic E-state index is 11.1. The predicted octanol–water partition coefficient (Wildman–Crippen LogP) is 6.48. The monoisotopic (exact) mass is 404 g/mol. The van der Waals surface area contributed by atoms with Gasteiger partial charge in [-0.2, -0.15) is 0 Å². The van der Waals surface area contributed by atoms with Gasteiger partial charge in [0.25, 0.3) is 5.69 Å². The van der Waals surface area contributed by atoms with E-state index in [4.69, 9.17) is 9.73 Å². The van der Waals surface area contributed by atoms with Crippen molar-refractivity contribution in [3.63, 3.8) is 0 Å². The molecular formula is C25H28N2O3. The van der Waals surface area contributed by atoms with Crippen LogP contribution in [-0.2, 0) is 11.3 Å². The molecule has 0 amide bonds. The van der Waals surface area contributed by atoms with Crippen LogP contribution in [0.1, 0.15) is 63.0 Å². The first-order valence-corrected chi connectivity index (χ1v) is 10.9. The first-order valence-electron chi connectivity index (χ1n) is 10.9. The van der Waals surface area contributed by atoms with Gasteiger partial charge in [0, 0.05) is 23.3 Å². The van der Waals surface area contributed by atoms with Crippen molar-refractivity contribution in [2.45, 2.75) is 64.0 Å². The number of benzene rings is 2. The van der Waals surface area contributed by atoms with Gasteiger partial charge in [0.05, 0.1) is 11.5 Å². The smallest absolute Gasteiger partial charge is 0.269 e. The van der Waals surface area contributed by atoms with Crippen molar-refractivity contribution in [1.82, 2.24) is 0 Å². The lowest BCUT2D eigenvalue weighted by molar-refractivity contribution is -0.384.